The van der Waals surface area contributed by atoms with E-state index in [0.717, 1.165) is 0 Å². The lowest BCUT2D eigenvalue weighted by atomic mass is 10.0. The van der Waals surface area contributed by atoms with Gasteiger partial charge in [-0.25, -0.2) is 0 Å². The summed E-state index contributed by atoms with van der Waals surface area (Å²) in [5.74, 6) is 5.54. The van der Waals surface area contributed by atoms with Crippen molar-refractivity contribution in [3.05, 3.63) is 29.6 Å². The van der Waals surface area contributed by atoms with Crippen LogP contribution in [0.2, 0.25) is 0 Å². The summed E-state index contributed by atoms with van der Waals surface area (Å²) in [7, 11) is 0. The Balaban J connectivity index is 2.11. The van der Waals surface area contributed by atoms with Gasteiger partial charge >= 0.3 is 0 Å². The van der Waals surface area contributed by atoms with Crippen LogP contribution in [-0.4, -0.2) is 23.5 Å². The number of nitrogens with two attached hydrogens (primary N) is 1. The number of aromatic nitrogens is 1. The topological polar surface area (TPSA) is 68.0 Å². The first-order chi connectivity index (χ1) is 9.30. The highest BCUT2D eigenvalue weighted by atomic mass is 16.1. The number of amides is 1. The molecule has 0 spiro atoms. The average molecular weight is 271 g/mol. The van der Waals surface area contributed by atoms with Crippen LogP contribution in [0.3, 0.4) is 0 Å². The molecule has 0 atom stereocenters. The molecule has 0 radical (unpaired) electrons. The third kappa shape index (κ3) is 2.41. The van der Waals surface area contributed by atoms with Gasteiger partial charge in [0.2, 0.25) is 0 Å². The van der Waals surface area contributed by atoms with E-state index < -0.39 is 0 Å². The predicted octanol–water partition coefficient (Wildman–Crippen LogP) is 1.56. The van der Waals surface area contributed by atoms with Gasteiger partial charge in [0, 0.05) is 24.0 Å². The zero-order valence-corrected chi connectivity index (χ0v) is 12.4. The van der Waals surface area contributed by atoms with E-state index >= 15 is 0 Å². The summed E-state index contributed by atoms with van der Waals surface area (Å²) in [5.41, 5.74) is 6.81. The van der Waals surface area contributed by atoms with Crippen molar-refractivity contribution in [2.45, 2.75) is 33.7 Å². The molecule has 1 aliphatic rings. The number of carbonyl (C=O) groups is 1. The van der Waals surface area contributed by atoms with Gasteiger partial charge in [-0.1, -0.05) is 39.5 Å². The van der Waals surface area contributed by atoms with E-state index in [9.17, 15) is 4.79 Å². The molecule has 1 amide bonds. The van der Waals surface area contributed by atoms with Crippen LogP contribution in [-0.2, 0) is 0 Å². The summed E-state index contributed by atoms with van der Waals surface area (Å²) in [6.45, 7) is 8.96. The molecule has 4 heteroatoms. The molecule has 1 aromatic heterocycles. The lowest BCUT2D eigenvalue weighted by Crippen LogP contribution is -2.29. The van der Waals surface area contributed by atoms with Gasteiger partial charge in [-0.15, -0.1) is 0 Å². The zero-order valence-electron chi connectivity index (χ0n) is 12.4. The van der Waals surface area contributed by atoms with E-state index in [2.05, 4.69) is 49.8 Å². The molecule has 0 aromatic carbocycles. The lowest BCUT2D eigenvalue weighted by Gasteiger charge is -2.06. The Morgan fingerprint density at radius 2 is 2.00 bits per heavy atom. The first kappa shape index (κ1) is 14.5. The minimum Gasteiger partial charge on any atom is -0.348 e. The second-order valence-electron chi connectivity index (χ2n) is 6.32. The van der Waals surface area contributed by atoms with Crippen molar-refractivity contribution in [2.75, 3.05) is 6.54 Å². The Labute approximate surface area is 120 Å². The molecule has 4 nitrogen and oxygen atoms in total. The molecule has 1 heterocycles. The highest BCUT2D eigenvalue weighted by Crippen LogP contribution is 2.62. The maximum Gasteiger partial charge on any atom is 0.253 e. The number of carbonyl (C=O) groups excluding carboxylic acids is 1. The minimum atomic E-state index is -0.0995. The number of nitrogens with zero attached hydrogens (tertiary/aromatic N) is 1. The molecule has 106 valence electrons. The van der Waals surface area contributed by atoms with Crippen molar-refractivity contribution in [3.8, 4) is 11.8 Å². The highest BCUT2D eigenvalue weighted by molar-refractivity contribution is 5.94. The molecule has 1 aliphatic carbocycles. The van der Waals surface area contributed by atoms with Crippen LogP contribution in [0.5, 0.6) is 0 Å². The van der Waals surface area contributed by atoms with Crippen LogP contribution < -0.4 is 11.1 Å². The number of rotatable bonds is 2. The normalized spacial score (nSPS) is 18.9. The van der Waals surface area contributed by atoms with Gasteiger partial charge in [0.15, 0.2) is 0 Å². The SMILES string of the molecule is CC1(C)C(NC(=O)c2cncc(C#CCN)c2)C1(C)C. The smallest absolute Gasteiger partial charge is 0.253 e. The largest absolute Gasteiger partial charge is 0.348 e. The van der Waals surface area contributed by atoms with Crippen molar-refractivity contribution >= 4 is 5.91 Å². The number of hydrogen-bond acceptors (Lipinski definition) is 3. The monoisotopic (exact) mass is 271 g/mol. The summed E-state index contributed by atoms with van der Waals surface area (Å²) in [5, 5.41) is 3.08. The summed E-state index contributed by atoms with van der Waals surface area (Å²) >= 11 is 0. The molecular weight excluding hydrogens is 250 g/mol. The van der Waals surface area contributed by atoms with Crippen LogP contribution in [0, 0.1) is 22.7 Å². The summed E-state index contributed by atoms with van der Waals surface area (Å²) in [6.07, 6.45) is 3.19. The van der Waals surface area contributed by atoms with Crippen LogP contribution in [0.25, 0.3) is 0 Å². The quantitative estimate of drug-likeness (QED) is 0.802. The van der Waals surface area contributed by atoms with Gasteiger partial charge in [-0.05, 0) is 16.9 Å². The van der Waals surface area contributed by atoms with E-state index in [4.69, 9.17) is 5.73 Å². The van der Waals surface area contributed by atoms with E-state index in [1.807, 2.05) is 0 Å². The highest BCUT2D eigenvalue weighted by Gasteiger charge is 2.65. The fourth-order valence-electron chi connectivity index (χ4n) is 2.56. The van der Waals surface area contributed by atoms with Crippen molar-refractivity contribution in [1.82, 2.24) is 10.3 Å². The van der Waals surface area contributed by atoms with Gasteiger partial charge in [-0.3, -0.25) is 9.78 Å². The fourth-order valence-corrected chi connectivity index (χ4v) is 2.56. The van der Waals surface area contributed by atoms with E-state index in [1.54, 1.807) is 18.5 Å². The van der Waals surface area contributed by atoms with Gasteiger partial charge in [0.1, 0.15) is 0 Å². The van der Waals surface area contributed by atoms with Crippen LogP contribution >= 0.6 is 0 Å². The third-order valence-electron chi connectivity index (χ3n) is 4.63. The molecule has 20 heavy (non-hydrogen) atoms. The molecular formula is C16H21N3O. The minimum absolute atomic E-state index is 0.0995. The first-order valence-corrected chi connectivity index (χ1v) is 6.75. The Morgan fingerprint density at radius 3 is 2.55 bits per heavy atom. The van der Waals surface area contributed by atoms with Crippen LogP contribution in [0.1, 0.15) is 43.6 Å². The van der Waals surface area contributed by atoms with Crippen molar-refractivity contribution in [2.24, 2.45) is 16.6 Å². The molecule has 0 aliphatic heterocycles. The number of hydrogen-bond donors (Lipinski definition) is 2. The standard InChI is InChI=1S/C16H21N3O/c1-15(2)14(16(15,3)4)19-13(20)12-8-11(6-5-7-17)9-18-10-12/h8-10,14H,7,17H2,1-4H3,(H,19,20). The van der Waals surface area contributed by atoms with E-state index in [0.29, 0.717) is 17.7 Å². The summed E-state index contributed by atoms with van der Waals surface area (Å²) < 4.78 is 0. The van der Waals surface area contributed by atoms with E-state index in [-0.39, 0.29) is 22.8 Å². The van der Waals surface area contributed by atoms with Crippen molar-refractivity contribution < 1.29 is 4.79 Å². The second kappa shape index (κ2) is 4.92. The van der Waals surface area contributed by atoms with Gasteiger partial charge < -0.3 is 11.1 Å². The Hall–Kier alpha value is -1.86. The molecule has 1 aromatic rings. The molecule has 1 fully saturated rings. The average Bonchev–Trinajstić information content (AvgIpc) is 2.79. The molecule has 0 saturated heterocycles. The Kier molecular flexibility index (Phi) is 3.58. The van der Waals surface area contributed by atoms with Crippen LogP contribution in [0.4, 0.5) is 0 Å². The third-order valence-corrected chi connectivity index (χ3v) is 4.63. The second-order valence-corrected chi connectivity index (χ2v) is 6.32. The maximum absolute atomic E-state index is 12.3. The van der Waals surface area contributed by atoms with Crippen molar-refractivity contribution in [3.63, 3.8) is 0 Å². The Bertz CT molecular complexity index is 579. The lowest BCUT2D eigenvalue weighted by molar-refractivity contribution is 0.0943. The first-order valence-electron chi connectivity index (χ1n) is 6.75. The number of nitrogens with one attached hydrogen (secondary N) is 1. The zero-order chi connectivity index (χ0) is 15.0. The molecule has 2 rings (SSSR count). The fraction of sp³-hybridized carbons (Fsp3) is 0.500. The van der Waals surface area contributed by atoms with Gasteiger partial charge in [-0.2, -0.15) is 0 Å². The Morgan fingerprint density at radius 1 is 1.35 bits per heavy atom. The molecule has 3 N–H and O–H groups in total. The summed E-state index contributed by atoms with van der Waals surface area (Å²) in [6, 6.07) is 1.93. The van der Waals surface area contributed by atoms with Gasteiger partial charge in [0.25, 0.3) is 5.91 Å². The summed E-state index contributed by atoms with van der Waals surface area (Å²) in [4.78, 5) is 16.3. The van der Waals surface area contributed by atoms with Gasteiger partial charge in [0.05, 0.1) is 12.1 Å². The maximum atomic E-state index is 12.3. The van der Waals surface area contributed by atoms with E-state index in [1.165, 1.54) is 0 Å². The molecule has 0 bridgehead atoms. The predicted molar refractivity (Wildman–Crippen MR) is 79.0 cm³/mol. The molecule has 0 unspecified atom stereocenters. The van der Waals surface area contributed by atoms with Crippen molar-refractivity contribution in [1.29, 1.82) is 0 Å². The van der Waals surface area contributed by atoms with Crippen LogP contribution in [0.15, 0.2) is 18.5 Å². The molecule has 1 saturated carbocycles. The number of pyridine rings is 1.